The van der Waals surface area contributed by atoms with Crippen LogP contribution >= 0.6 is 0 Å². The highest BCUT2D eigenvalue weighted by molar-refractivity contribution is 5.91. The monoisotopic (exact) mass is 368 g/mol. The SMILES string of the molecule is CC(=O)N1CC=C(c2ccc(OCC(=O)Nc3cccc(F)c3)cc2)CC1. The Kier molecular flexibility index (Phi) is 5.86. The summed E-state index contributed by atoms with van der Waals surface area (Å²) in [5.41, 5.74) is 2.67. The largest absolute Gasteiger partial charge is 0.484 e. The fraction of sp³-hybridized carbons (Fsp3) is 0.238. The van der Waals surface area contributed by atoms with Crippen molar-refractivity contribution in [1.29, 1.82) is 0 Å². The van der Waals surface area contributed by atoms with Gasteiger partial charge in [0.2, 0.25) is 5.91 Å². The first-order valence-corrected chi connectivity index (χ1v) is 8.74. The molecule has 5 nitrogen and oxygen atoms in total. The normalized spacial score (nSPS) is 13.7. The minimum atomic E-state index is -0.409. The zero-order valence-electron chi connectivity index (χ0n) is 15.1. The predicted molar refractivity (Wildman–Crippen MR) is 102 cm³/mol. The number of nitrogens with zero attached hydrogens (tertiary/aromatic N) is 1. The third kappa shape index (κ3) is 5.17. The quantitative estimate of drug-likeness (QED) is 0.879. The highest BCUT2D eigenvalue weighted by atomic mass is 19.1. The summed E-state index contributed by atoms with van der Waals surface area (Å²) < 4.78 is 18.6. The molecule has 1 heterocycles. The highest BCUT2D eigenvalue weighted by Gasteiger charge is 2.14. The van der Waals surface area contributed by atoms with Crippen LogP contribution in [0.5, 0.6) is 5.75 Å². The molecule has 1 N–H and O–H groups in total. The standard InChI is InChI=1S/C21H21FN2O3/c1-15(25)24-11-9-17(10-12-24)16-5-7-20(8-6-16)27-14-21(26)23-19-4-2-3-18(22)13-19/h2-9,13H,10-12,14H2,1H3,(H,23,26). The molecule has 0 saturated carbocycles. The highest BCUT2D eigenvalue weighted by Crippen LogP contribution is 2.24. The summed E-state index contributed by atoms with van der Waals surface area (Å²) in [6, 6.07) is 13.2. The van der Waals surface area contributed by atoms with Crippen molar-refractivity contribution in [2.24, 2.45) is 0 Å². The fourth-order valence-corrected chi connectivity index (χ4v) is 2.89. The Labute approximate surface area is 157 Å². The first-order valence-electron chi connectivity index (χ1n) is 8.74. The van der Waals surface area contributed by atoms with E-state index in [0.717, 1.165) is 18.5 Å². The lowest BCUT2D eigenvalue weighted by molar-refractivity contribution is -0.128. The minimum absolute atomic E-state index is 0.0885. The Hall–Kier alpha value is -3.15. The molecule has 0 spiro atoms. The van der Waals surface area contributed by atoms with Gasteiger partial charge in [-0.25, -0.2) is 4.39 Å². The smallest absolute Gasteiger partial charge is 0.262 e. The van der Waals surface area contributed by atoms with Crippen molar-refractivity contribution in [2.75, 3.05) is 25.0 Å². The molecule has 1 aliphatic heterocycles. The maximum Gasteiger partial charge on any atom is 0.262 e. The Morgan fingerprint density at radius 2 is 1.96 bits per heavy atom. The summed E-state index contributed by atoms with van der Waals surface area (Å²) in [6.45, 7) is 2.77. The summed E-state index contributed by atoms with van der Waals surface area (Å²) in [7, 11) is 0. The molecule has 2 aromatic rings. The molecule has 0 atom stereocenters. The molecule has 0 saturated heterocycles. The number of hydrogen-bond donors (Lipinski definition) is 1. The van der Waals surface area contributed by atoms with Crippen LogP contribution in [0.2, 0.25) is 0 Å². The van der Waals surface area contributed by atoms with Crippen molar-refractivity contribution in [3.8, 4) is 5.75 Å². The number of benzene rings is 2. The van der Waals surface area contributed by atoms with E-state index in [-0.39, 0.29) is 18.4 Å². The lowest BCUT2D eigenvalue weighted by Gasteiger charge is -2.25. The number of halogens is 1. The summed E-state index contributed by atoms with van der Waals surface area (Å²) in [5, 5.41) is 2.58. The van der Waals surface area contributed by atoms with Crippen molar-refractivity contribution < 1.29 is 18.7 Å². The number of anilines is 1. The zero-order valence-corrected chi connectivity index (χ0v) is 15.1. The summed E-state index contributed by atoms with van der Waals surface area (Å²) in [5.74, 6) is -0.0998. The fourth-order valence-electron chi connectivity index (χ4n) is 2.89. The van der Waals surface area contributed by atoms with Gasteiger partial charge in [0.15, 0.2) is 6.61 Å². The van der Waals surface area contributed by atoms with Gasteiger partial charge in [0.25, 0.3) is 5.91 Å². The van der Waals surface area contributed by atoms with Gasteiger partial charge < -0.3 is 15.0 Å². The van der Waals surface area contributed by atoms with E-state index in [0.29, 0.717) is 18.0 Å². The molecule has 27 heavy (non-hydrogen) atoms. The van der Waals surface area contributed by atoms with Crippen LogP contribution < -0.4 is 10.1 Å². The van der Waals surface area contributed by atoms with Crippen LogP contribution in [0.15, 0.2) is 54.6 Å². The van der Waals surface area contributed by atoms with Gasteiger partial charge in [-0.3, -0.25) is 9.59 Å². The van der Waals surface area contributed by atoms with Crippen molar-refractivity contribution in [2.45, 2.75) is 13.3 Å². The van der Waals surface area contributed by atoms with Crippen molar-refractivity contribution in [1.82, 2.24) is 4.90 Å². The second kappa shape index (κ2) is 8.49. The Morgan fingerprint density at radius 3 is 2.59 bits per heavy atom. The molecule has 0 aromatic heterocycles. The van der Waals surface area contributed by atoms with Gasteiger partial charge in [-0.15, -0.1) is 0 Å². The zero-order chi connectivity index (χ0) is 19.2. The number of carbonyl (C=O) groups excluding carboxylic acids is 2. The molecule has 1 aliphatic rings. The van der Waals surface area contributed by atoms with Crippen LogP contribution in [-0.2, 0) is 9.59 Å². The van der Waals surface area contributed by atoms with E-state index in [1.54, 1.807) is 17.9 Å². The van der Waals surface area contributed by atoms with Crippen molar-refractivity contribution >= 4 is 23.1 Å². The number of amides is 2. The van der Waals surface area contributed by atoms with Gasteiger partial charge in [-0.2, -0.15) is 0 Å². The van der Waals surface area contributed by atoms with Crippen LogP contribution in [0.25, 0.3) is 5.57 Å². The Balaban J connectivity index is 1.52. The topological polar surface area (TPSA) is 58.6 Å². The molecule has 0 unspecified atom stereocenters. The molecule has 0 aliphatic carbocycles. The van der Waals surface area contributed by atoms with E-state index in [9.17, 15) is 14.0 Å². The van der Waals surface area contributed by atoms with Crippen LogP contribution in [0.4, 0.5) is 10.1 Å². The summed E-state index contributed by atoms with van der Waals surface area (Å²) in [6.07, 6.45) is 2.88. The summed E-state index contributed by atoms with van der Waals surface area (Å²) >= 11 is 0. The van der Waals surface area contributed by atoms with Crippen LogP contribution in [0, 0.1) is 5.82 Å². The van der Waals surface area contributed by atoms with Gasteiger partial charge in [-0.05, 0) is 47.9 Å². The number of ether oxygens (including phenoxy) is 1. The molecule has 0 radical (unpaired) electrons. The van der Waals surface area contributed by atoms with E-state index in [2.05, 4.69) is 11.4 Å². The third-order valence-corrected chi connectivity index (χ3v) is 4.36. The van der Waals surface area contributed by atoms with Gasteiger partial charge >= 0.3 is 0 Å². The van der Waals surface area contributed by atoms with Gasteiger partial charge in [-0.1, -0.05) is 24.3 Å². The Bertz CT molecular complexity index is 862. The lowest BCUT2D eigenvalue weighted by atomic mass is 9.99. The number of carbonyl (C=O) groups is 2. The first kappa shape index (κ1) is 18.6. The average Bonchev–Trinajstić information content (AvgIpc) is 2.67. The molecular weight excluding hydrogens is 347 g/mol. The van der Waals surface area contributed by atoms with Crippen LogP contribution in [0.1, 0.15) is 18.9 Å². The molecule has 6 heteroatoms. The maximum absolute atomic E-state index is 13.1. The maximum atomic E-state index is 13.1. The molecule has 140 valence electrons. The minimum Gasteiger partial charge on any atom is -0.484 e. The van der Waals surface area contributed by atoms with Crippen molar-refractivity contribution in [3.63, 3.8) is 0 Å². The van der Waals surface area contributed by atoms with Gasteiger partial charge in [0.05, 0.1) is 0 Å². The first-order chi connectivity index (χ1) is 13.0. The van der Waals surface area contributed by atoms with Crippen LogP contribution in [-0.4, -0.2) is 36.4 Å². The third-order valence-electron chi connectivity index (χ3n) is 4.36. The van der Waals surface area contributed by atoms with Crippen LogP contribution in [0.3, 0.4) is 0 Å². The van der Waals surface area contributed by atoms with E-state index < -0.39 is 5.82 Å². The average molecular weight is 368 g/mol. The molecule has 2 aromatic carbocycles. The van der Waals surface area contributed by atoms with E-state index >= 15 is 0 Å². The second-order valence-corrected chi connectivity index (χ2v) is 6.32. The predicted octanol–water partition coefficient (Wildman–Crippen LogP) is 3.48. The second-order valence-electron chi connectivity index (χ2n) is 6.32. The number of hydrogen-bond acceptors (Lipinski definition) is 3. The Morgan fingerprint density at radius 1 is 1.19 bits per heavy atom. The summed E-state index contributed by atoms with van der Waals surface area (Å²) in [4.78, 5) is 25.1. The number of nitrogens with one attached hydrogen (secondary N) is 1. The molecule has 3 rings (SSSR count). The molecule has 0 fully saturated rings. The van der Waals surface area contributed by atoms with E-state index in [1.807, 2.05) is 24.3 Å². The van der Waals surface area contributed by atoms with E-state index in [1.165, 1.54) is 23.8 Å². The molecular formula is C21H21FN2O3. The van der Waals surface area contributed by atoms with Gasteiger partial charge in [0.1, 0.15) is 11.6 Å². The van der Waals surface area contributed by atoms with Crippen molar-refractivity contribution in [3.05, 3.63) is 66.0 Å². The van der Waals surface area contributed by atoms with E-state index in [4.69, 9.17) is 4.74 Å². The number of rotatable bonds is 5. The molecule has 0 bridgehead atoms. The lowest BCUT2D eigenvalue weighted by Crippen LogP contribution is -2.32. The molecule has 2 amide bonds. The van der Waals surface area contributed by atoms with Gasteiger partial charge in [0, 0.05) is 25.7 Å².